The molecule has 23 heavy (non-hydrogen) atoms. The van der Waals surface area contributed by atoms with Crippen molar-refractivity contribution in [1.29, 1.82) is 0 Å². The molecule has 4 heteroatoms. The van der Waals surface area contributed by atoms with Crippen molar-refractivity contribution in [2.75, 3.05) is 0 Å². The lowest BCUT2D eigenvalue weighted by Gasteiger charge is -2.42. The minimum atomic E-state index is -0.301. The quantitative estimate of drug-likeness (QED) is 0.784. The fraction of sp³-hybridized carbons (Fsp3) is 0.316. The van der Waals surface area contributed by atoms with E-state index in [-0.39, 0.29) is 23.8 Å². The normalized spacial score (nSPS) is 24.5. The SMILES string of the molecule is CC[C@H]1C(=O)C[C@H](c2ccccc2)N(N=O)[C@@H]1c1ccccc1. The topological polar surface area (TPSA) is 49.7 Å². The molecule has 0 bridgehead atoms. The van der Waals surface area contributed by atoms with E-state index in [1.165, 1.54) is 0 Å². The molecule has 3 rings (SSSR count). The molecule has 2 aromatic carbocycles. The summed E-state index contributed by atoms with van der Waals surface area (Å²) in [6.07, 6.45) is 1.03. The van der Waals surface area contributed by atoms with Crippen LogP contribution in [0.4, 0.5) is 0 Å². The van der Waals surface area contributed by atoms with Gasteiger partial charge in [-0.15, -0.1) is 4.91 Å². The van der Waals surface area contributed by atoms with Crippen molar-refractivity contribution < 1.29 is 4.79 Å². The van der Waals surface area contributed by atoms with E-state index < -0.39 is 0 Å². The van der Waals surface area contributed by atoms with Gasteiger partial charge in [0.25, 0.3) is 0 Å². The zero-order chi connectivity index (χ0) is 16.2. The highest BCUT2D eigenvalue weighted by Gasteiger charge is 2.43. The van der Waals surface area contributed by atoms with Gasteiger partial charge in [0, 0.05) is 12.3 Å². The van der Waals surface area contributed by atoms with E-state index in [9.17, 15) is 9.70 Å². The van der Waals surface area contributed by atoms with Crippen LogP contribution in [0.5, 0.6) is 0 Å². The molecule has 2 aromatic rings. The Morgan fingerprint density at radius 3 is 2.09 bits per heavy atom. The van der Waals surface area contributed by atoms with Gasteiger partial charge in [-0.05, 0) is 17.5 Å². The number of nitroso groups, excluding NO2 is 1. The Morgan fingerprint density at radius 2 is 1.57 bits per heavy atom. The molecule has 1 heterocycles. The largest absolute Gasteiger partial charge is 0.299 e. The van der Waals surface area contributed by atoms with E-state index in [2.05, 4.69) is 5.29 Å². The molecular formula is C19H20N2O2. The molecule has 0 amide bonds. The van der Waals surface area contributed by atoms with Crippen LogP contribution in [0.2, 0.25) is 0 Å². The minimum absolute atomic E-state index is 0.199. The van der Waals surface area contributed by atoms with Crippen molar-refractivity contribution in [3.05, 3.63) is 76.7 Å². The third-order valence-electron chi connectivity index (χ3n) is 4.65. The van der Waals surface area contributed by atoms with Crippen LogP contribution in [0.25, 0.3) is 0 Å². The summed E-state index contributed by atoms with van der Waals surface area (Å²) in [5.41, 5.74) is 1.92. The minimum Gasteiger partial charge on any atom is -0.299 e. The number of hydrogen-bond donors (Lipinski definition) is 0. The number of benzene rings is 2. The van der Waals surface area contributed by atoms with Crippen LogP contribution >= 0.6 is 0 Å². The first-order valence-electron chi connectivity index (χ1n) is 8.00. The summed E-state index contributed by atoms with van der Waals surface area (Å²) in [6, 6.07) is 18.8. The predicted octanol–water partition coefficient (Wildman–Crippen LogP) is 4.45. The Balaban J connectivity index is 2.05. The van der Waals surface area contributed by atoms with Crippen LogP contribution in [0.3, 0.4) is 0 Å². The maximum atomic E-state index is 12.7. The third-order valence-corrected chi connectivity index (χ3v) is 4.65. The maximum absolute atomic E-state index is 12.7. The average Bonchev–Trinajstić information content (AvgIpc) is 2.62. The Kier molecular flexibility index (Phi) is 4.51. The monoisotopic (exact) mass is 308 g/mol. The van der Waals surface area contributed by atoms with Gasteiger partial charge in [0.2, 0.25) is 0 Å². The fourth-order valence-corrected chi connectivity index (χ4v) is 3.53. The Bertz CT molecular complexity index is 672. The second kappa shape index (κ2) is 6.73. The molecule has 0 unspecified atom stereocenters. The second-order valence-corrected chi connectivity index (χ2v) is 5.93. The number of piperidine rings is 1. The Hall–Kier alpha value is -2.49. The predicted molar refractivity (Wildman–Crippen MR) is 89.4 cm³/mol. The molecule has 4 nitrogen and oxygen atoms in total. The summed E-state index contributed by atoms with van der Waals surface area (Å²) >= 11 is 0. The van der Waals surface area contributed by atoms with Crippen LogP contribution in [-0.4, -0.2) is 10.8 Å². The van der Waals surface area contributed by atoms with E-state index in [0.717, 1.165) is 11.1 Å². The smallest absolute Gasteiger partial charge is 0.140 e. The van der Waals surface area contributed by atoms with Crippen LogP contribution in [0.15, 0.2) is 65.9 Å². The molecule has 0 aromatic heterocycles. The van der Waals surface area contributed by atoms with Gasteiger partial charge in [-0.3, -0.25) is 4.79 Å². The van der Waals surface area contributed by atoms with Crippen molar-refractivity contribution in [1.82, 2.24) is 5.01 Å². The molecule has 1 aliphatic rings. The highest BCUT2D eigenvalue weighted by Crippen LogP contribution is 2.44. The van der Waals surface area contributed by atoms with Crippen molar-refractivity contribution in [2.45, 2.75) is 31.8 Å². The molecule has 1 fully saturated rings. The summed E-state index contributed by atoms with van der Waals surface area (Å²) in [6.45, 7) is 1.99. The zero-order valence-corrected chi connectivity index (χ0v) is 13.1. The van der Waals surface area contributed by atoms with Gasteiger partial charge in [-0.25, -0.2) is 5.01 Å². The summed E-state index contributed by atoms with van der Waals surface area (Å²) in [5, 5.41) is 4.91. The third kappa shape index (κ3) is 2.89. The van der Waals surface area contributed by atoms with E-state index in [0.29, 0.717) is 12.8 Å². The number of rotatable bonds is 4. The highest BCUT2D eigenvalue weighted by molar-refractivity contribution is 5.83. The molecule has 118 valence electrons. The number of hydrogen-bond acceptors (Lipinski definition) is 3. The first-order valence-corrected chi connectivity index (χ1v) is 8.00. The highest BCUT2D eigenvalue weighted by atomic mass is 16.3. The average molecular weight is 308 g/mol. The lowest BCUT2D eigenvalue weighted by Crippen LogP contribution is -2.42. The first kappa shape index (κ1) is 15.4. The van der Waals surface area contributed by atoms with Crippen molar-refractivity contribution in [2.24, 2.45) is 11.2 Å². The van der Waals surface area contributed by atoms with Crippen LogP contribution in [0, 0.1) is 10.8 Å². The molecule has 0 spiro atoms. The lowest BCUT2D eigenvalue weighted by molar-refractivity contribution is -0.132. The van der Waals surface area contributed by atoms with E-state index in [4.69, 9.17) is 0 Å². The first-order chi connectivity index (χ1) is 11.3. The van der Waals surface area contributed by atoms with Crippen molar-refractivity contribution in [3.8, 4) is 0 Å². The fourth-order valence-electron chi connectivity index (χ4n) is 3.53. The lowest BCUT2D eigenvalue weighted by atomic mass is 9.79. The Morgan fingerprint density at radius 1 is 1.00 bits per heavy atom. The van der Waals surface area contributed by atoms with Crippen LogP contribution < -0.4 is 0 Å². The second-order valence-electron chi connectivity index (χ2n) is 5.93. The molecule has 1 aliphatic heterocycles. The molecule has 0 aliphatic carbocycles. The van der Waals surface area contributed by atoms with E-state index in [1.54, 1.807) is 5.01 Å². The van der Waals surface area contributed by atoms with Gasteiger partial charge in [-0.1, -0.05) is 67.6 Å². The van der Waals surface area contributed by atoms with Crippen molar-refractivity contribution in [3.63, 3.8) is 0 Å². The number of carbonyl (C=O) groups is 1. The summed E-state index contributed by atoms with van der Waals surface area (Å²) < 4.78 is 0. The molecule has 3 atom stereocenters. The number of nitrogens with zero attached hydrogens (tertiary/aromatic N) is 2. The molecule has 1 saturated heterocycles. The summed E-state index contributed by atoms with van der Waals surface area (Å²) in [4.78, 5) is 24.3. The van der Waals surface area contributed by atoms with Crippen LogP contribution in [0.1, 0.15) is 43.0 Å². The van der Waals surface area contributed by atoms with Crippen molar-refractivity contribution >= 4 is 5.78 Å². The summed E-state index contributed by atoms with van der Waals surface area (Å²) in [7, 11) is 0. The molecule has 0 radical (unpaired) electrons. The maximum Gasteiger partial charge on any atom is 0.140 e. The molecule has 0 saturated carbocycles. The van der Waals surface area contributed by atoms with Gasteiger partial charge in [-0.2, -0.15) is 0 Å². The van der Waals surface area contributed by atoms with E-state index >= 15 is 0 Å². The van der Waals surface area contributed by atoms with E-state index in [1.807, 2.05) is 67.6 Å². The van der Waals surface area contributed by atoms with Gasteiger partial charge in [0.05, 0.1) is 17.4 Å². The number of ketones is 1. The Labute approximate surface area is 136 Å². The standard InChI is InChI=1S/C19H20N2O2/c1-2-16-18(22)13-17(14-9-5-3-6-10-14)21(20-23)19(16)15-11-7-4-8-12-15/h3-12,16-17,19H,2,13H2,1H3/t16-,17+,19+/m0/s1. The molecule has 0 N–H and O–H groups in total. The number of Topliss-reactive ketones (excluding diaryl/α,β-unsaturated/α-hetero) is 1. The van der Waals surface area contributed by atoms with Gasteiger partial charge in [0.1, 0.15) is 5.78 Å². The summed E-state index contributed by atoms with van der Waals surface area (Å²) in [5.74, 6) is 0.00479. The van der Waals surface area contributed by atoms with Gasteiger partial charge in [0.15, 0.2) is 0 Å². The van der Waals surface area contributed by atoms with Gasteiger partial charge < -0.3 is 0 Å². The zero-order valence-electron chi connectivity index (χ0n) is 13.1. The van der Waals surface area contributed by atoms with Gasteiger partial charge >= 0.3 is 0 Å². The molecular weight excluding hydrogens is 288 g/mol. The van der Waals surface area contributed by atoms with Crippen LogP contribution in [-0.2, 0) is 4.79 Å². The number of carbonyl (C=O) groups excluding carboxylic acids is 1.